The Balaban J connectivity index is 1.60. The van der Waals surface area contributed by atoms with E-state index in [1.54, 1.807) is 36.4 Å². The molecule has 1 heterocycles. The summed E-state index contributed by atoms with van der Waals surface area (Å²) in [7, 11) is 0. The van der Waals surface area contributed by atoms with Gasteiger partial charge in [-0.15, -0.1) is 0 Å². The Bertz CT molecular complexity index is 1470. The molecule has 0 aliphatic heterocycles. The molecule has 0 aliphatic rings. The van der Waals surface area contributed by atoms with Crippen molar-refractivity contribution in [2.24, 2.45) is 0 Å². The number of benzene rings is 4. The highest BCUT2D eigenvalue weighted by Gasteiger charge is 2.16. The molecule has 0 amide bonds. The van der Waals surface area contributed by atoms with E-state index in [2.05, 4.69) is 29.2 Å². The minimum absolute atomic E-state index is 0.111. The number of fused-ring (bicyclic) bond motifs is 1. The van der Waals surface area contributed by atoms with Crippen molar-refractivity contribution in [2.75, 3.05) is 5.73 Å². The fourth-order valence-electron chi connectivity index (χ4n) is 4.02. The summed E-state index contributed by atoms with van der Waals surface area (Å²) < 4.78 is 0. The van der Waals surface area contributed by atoms with Gasteiger partial charge in [0.1, 0.15) is 5.75 Å². The molecule has 0 unspecified atom stereocenters. The number of nitrogen functional groups attached to an aromatic ring is 1. The minimum Gasteiger partial charge on any atom is -0.507 e. The number of aromatic amines is 1. The average molecular weight is 431 g/mol. The van der Waals surface area contributed by atoms with Gasteiger partial charge in [-0.3, -0.25) is 4.79 Å². The molecule has 0 radical (unpaired) electrons. The van der Waals surface area contributed by atoms with Gasteiger partial charge < -0.3 is 15.8 Å². The van der Waals surface area contributed by atoms with Gasteiger partial charge in [-0.05, 0) is 59.7 Å². The van der Waals surface area contributed by atoms with Crippen LogP contribution in [0.15, 0.2) is 103 Å². The monoisotopic (exact) mass is 430 g/mol. The second-order valence-corrected chi connectivity index (χ2v) is 7.88. The maximum atomic E-state index is 12.5. The highest BCUT2D eigenvalue weighted by Crippen LogP contribution is 2.40. The van der Waals surface area contributed by atoms with Crippen molar-refractivity contribution in [3.63, 3.8) is 0 Å². The predicted molar refractivity (Wildman–Crippen MR) is 135 cm³/mol. The number of hydrogen-bond donors (Lipinski definition) is 3. The molecule has 33 heavy (non-hydrogen) atoms. The Kier molecular flexibility index (Phi) is 5.25. The first-order chi connectivity index (χ1) is 16.1. The van der Waals surface area contributed by atoms with Crippen LogP contribution in [-0.2, 0) is 0 Å². The molecule has 0 bridgehead atoms. The van der Waals surface area contributed by atoms with E-state index in [-0.39, 0.29) is 11.5 Å². The summed E-state index contributed by atoms with van der Waals surface area (Å²) in [5.74, 6) is -0.0458. The van der Waals surface area contributed by atoms with Crippen molar-refractivity contribution < 1.29 is 9.90 Å². The van der Waals surface area contributed by atoms with Crippen LogP contribution < -0.4 is 5.73 Å². The molecular formula is C29H22N2O2. The number of allylic oxidation sites excluding steroid dienone is 1. The number of phenolic OH excluding ortho intramolecular Hbond substituents is 1. The first-order valence-corrected chi connectivity index (χ1v) is 10.7. The van der Waals surface area contributed by atoms with E-state index in [0.717, 1.165) is 33.3 Å². The molecule has 5 rings (SSSR count). The van der Waals surface area contributed by atoms with E-state index < -0.39 is 0 Å². The van der Waals surface area contributed by atoms with Gasteiger partial charge in [0.05, 0.1) is 5.69 Å². The summed E-state index contributed by atoms with van der Waals surface area (Å²) in [6.07, 6.45) is 3.10. The summed E-state index contributed by atoms with van der Waals surface area (Å²) in [5, 5.41) is 11.7. The molecule has 0 saturated carbocycles. The molecule has 0 saturated heterocycles. The fraction of sp³-hybridized carbons (Fsp3) is 0. The highest BCUT2D eigenvalue weighted by atomic mass is 16.3. The van der Waals surface area contributed by atoms with Gasteiger partial charge in [-0.25, -0.2) is 0 Å². The molecular weight excluding hydrogens is 408 g/mol. The minimum atomic E-state index is -0.157. The number of nitrogens with two attached hydrogens (primary N) is 1. The number of nitrogens with one attached hydrogen (secondary N) is 1. The Labute approximate surface area is 191 Å². The van der Waals surface area contributed by atoms with Crippen LogP contribution in [0.5, 0.6) is 5.75 Å². The third-order valence-corrected chi connectivity index (χ3v) is 5.68. The van der Waals surface area contributed by atoms with Gasteiger partial charge in [0.25, 0.3) is 0 Å². The van der Waals surface area contributed by atoms with Gasteiger partial charge in [-0.2, -0.15) is 0 Å². The van der Waals surface area contributed by atoms with Crippen molar-refractivity contribution in [1.82, 2.24) is 4.98 Å². The second kappa shape index (κ2) is 8.52. The molecule has 4 N–H and O–H groups in total. The van der Waals surface area contributed by atoms with Gasteiger partial charge in [0, 0.05) is 33.3 Å². The zero-order valence-corrected chi connectivity index (χ0v) is 17.8. The van der Waals surface area contributed by atoms with Crippen molar-refractivity contribution in [3.05, 3.63) is 114 Å². The largest absolute Gasteiger partial charge is 0.507 e. The number of H-pyrrole nitrogens is 1. The van der Waals surface area contributed by atoms with E-state index in [0.29, 0.717) is 16.8 Å². The summed E-state index contributed by atoms with van der Waals surface area (Å²) in [6, 6.07) is 30.6. The standard InChI is InChI=1S/C29H22N2O2/c30-23-14-11-19(12-15-23)26(32)16-13-22-17-25-24(18-27(22)33)28(20-7-3-1-4-8-20)29(31-25)21-9-5-2-6-10-21/h1-18,31,33H,30H2/b16-13+. The first kappa shape index (κ1) is 20.3. The van der Waals surface area contributed by atoms with Gasteiger partial charge in [0.15, 0.2) is 5.78 Å². The molecule has 4 heteroatoms. The predicted octanol–water partition coefficient (Wildman–Crippen LogP) is 6.69. The van der Waals surface area contributed by atoms with E-state index in [1.165, 1.54) is 6.08 Å². The van der Waals surface area contributed by atoms with E-state index >= 15 is 0 Å². The number of phenols is 1. The third-order valence-electron chi connectivity index (χ3n) is 5.68. The first-order valence-electron chi connectivity index (χ1n) is 10.7. The fourth-order valence-corrected chi connectivity index (χ4v) is 4.02. The average Bonchev–Trinajstić information content (AvgIpc) is 3.22. The third kappa shape index (κ3) is 4.02. The molecule has 4 nitrogen and oxygen atoms in total. The zero-order valence-electron chi connectivity index (χ0n) is 17.8. The lowest BCUT2D eigenvalue weighted by Gasteiger charge is -2.06. The van der Waals surface area contributed by atoms with Crippen LogP contribution in [0.3, 0.4) is 0 Å². The number of carbonyl (C=O) groups is 1. The quantitative estimate of drug-likeness (QED) is 0.165. The van der Waals surface area contributed by atoms with E-state index in [1.807, 2.05) is 42.5 Å². The number of anilines is 1. The lowest BCUT2D eigenvalue weighted by molar-refractivity contribution is 0.104. The summed E-state index contributed by atoms with van der Waals surface area (Å²) in [6.45, 7) is 0. The number of hydrogen-bond acceptors (Lipinski definition) is 3. The van der Waals surface area contributed by atoms with E-state index in [4.69, 9.17) is 5.73 Å². The Hall–Kier alpha value is -4.57. The topological polar surface area (TPSA) is 79.1 Å². The Morgan fingerprint density at radius 3 is 2.12 bits per heavy atom. The lowest BCUT2D eigenvalue weighted by atomic mass is 9.97. The Morgan fingerprint density at radius 1 is 0.818 bits per heavy atom. The summed E-state index contributed by atoms with van der Waals surface area (Å²) >= 11 is 0. The maximum Gasteiger partial charge on any atom is 0.185 e. The summed E-state index contributed by atoms with van der Waals surface area (Å²) in [4.78, 5) is 16.0. The number of aromatic hydroxyl groups is 1. The van der Waals surface area contributed by atoms with Gasteiger partial charge in [0.2, 0.25) is 0 Å². The number of carbonyl (C=O) groups excluding carboxylic acids is 1. The molecule has 0 atom stereocenters. The van der Waals surface area contributed by atoms with Crippen LogP contribution in [-0.4, -0.2) is 15.9 Å². The van der Waals surface area contributed by atoms with Crippen LogP contribution in [0, 0.1) is 0 Å². The number of aromatic nitrogens is 1. The molecule has 1 aromatic heterocycles. The van der Waals surface area contributed by atoms with Crippen molar-refractivity contribution in [3.8, 4) is 28.1 Å². The van der Waals surface area contributed by atoms with E-state index in [9.17, 15) is 9.90 Å². The lowest BCUT2D eigenvalue weighted by Crippen LogP contribution is -1.94. The maximum absolute atomic E-state index is 12.5. The molecule has 0 spiro atoms. The van der Waals surface area contributed by atoms with Crippen LogP contribution in [0.25, 0.3) is 39.4 Å². The molecule has 160 valence electrons. The molecule has 5 aromatic rings. The van der Waals surface area contributed by atoms with Crippen molar-refractivity contribution in [2.45, 2.75) is 0 Å². The molecule has 4 aromatic carbocycles. The number of ketones is 1. The normalized spacial score (nSPS) is 11.3. The SMILES string of the molecule is Nc1ccc(C(=O)/C=C/c2cc3[nH]c(-c4ccccc4)c(-c4ccccc4)c3cc2O)cc1. The zero-order chi connectivity index (χ0) is 22.8. The highest BCUT2D eigenvalue weighted by molar-refractivity contribution is 6.08. The van der Waals surface area contributed by atoms with Crippen molar-refractivity contribution >= 4 is 28.4 Å². The van der Waals surface area contributed by atoms with Crippen LogP contribution in [0.1, 0.15) is 15.9 Å². The molecule has 0 fully saturated rings. The van der Waals surface area contributed by atoms with Gasteiger partial charge in [-0.1, -0.05) is 60.7 Å². The smallest absolute Gasteiger partial charge is 0.185 e. The van der Waals surface area contributed by atoms with Crippen LogP contribution in [0.2, 0.25) is 0 Å². The van der Waals surface area contributed by atoms with Gasteiger partial charge >= 0.3 is 0 Å². The molecule has 0 aliphatic carbocycles. The summed E-state index contributed by atoms with van der Waals surface area (Å²) in [5.41, 5.74) is 12.4. The van der Waals surface area contributed by atoms with Crippen molar-refractivity contribution in [1.29, 1.82) is 0 Å². The van der Waals surface area contributed by atoms with Crippen LogP contribution >= 0.6 is 0 Å². The second-order valence-electron chi connectivity index (χ2n) is 7.88. The Morgan fingerprint density at radius 2 is 1.45 bits per heavy atom. The number of rotatable bonds is 5. The van der Waals surface area contributed by atoms with Crippen LogP contribution in [0.4, 0.5) is 5.69 Å².